The molecule has 1 aliphatic heterocycles. The molecule has 0 aromatic heterocycles. The van der Waals surface area contributed by atoms with Crippen molar-refractivity contribution in [3.05, 3.63) is 0 Å². The Hall–Kier alpha value is -0.120. The lowest BCUT2D eigenvalue weighted by Gasteiger charge is -2.34. The quantitative estimate of drug-likeness (QED) is 0.568. The van der Waals surface area contributed by atoms with Crippen LogP contribution in [0.4, 0.5) is 0 Å². The van der Waals surface area contributed by atoms with Gasteiger partial charge in [0.2, 0.25) is 0 Å². The third-order valence-corrected chi connectivity index (χ3v) is 4.49. The smallest absolute Gasteiger partial charge is 0.0809 e. The van der Waals surface area contributed by atoms with Gasteiger partial charge in [0.15, 0.2) is 0 Å². The summed E-state index contributed by atoms with van der Waals surface area (Å²) < 4.78 is 12.1. The van der Waals surface area contributed by atoms with E-state index in [1.165, 1.54) is 57.8 Å². The summed E-state index contributed by atoms with van der Waals surface area (Å²) in [6, 6.07) is 0. The van der Waals surface area contributed by atoms with Crippen molar-refractivity contribution in [1.29, 1.82) is 0 Å². The molecule has 1 aliphatic carbocycles. The molecule has 2 aliphatic rings. The Bertz CT molecular complexity index is 231. The average molecular weight is 269 g/mol. The third-order valence-electron chi connectivity index (χ3n) is 4.49. The largest absolute Gasteiger partial charge is 0.376 e. The lowest BCUT2D eigenvalue weighted by molar-refractivity contribution is -0.0905. The van der Waals surface area contributed by atoms with Crippen LogP contribution in [0.2, 0.25) is 0 Å². The summed E-state index contributed by atoms with van der Waals surface area (Å²) in [7, 11) is 0. The van der Waals surface area contributed by atoms with E-state index in [9.17, 15) is 0 Å². The van der Waals surface area contributed by atoms with Crippen LogP contribution in [-0.4, -0.2) is 38.0 Å². The van der Waals surface area contributed by atoms with Gasteiger partial charge in [-0.1, -0.05) is 32.6 Å². The highest BCUT2D eigenvalue weighted by Gasteiger charge is 2.32. The van der Waals surface area contributed by atoms with Gasteiger partial charge in [-0.25, -0.2) is 0 Å². The zero-order chi connectivity index (χ0) is 13.4. The second-order valence-electron chi connectivity index (χ2n) is 6.22. The van der Waals surface area contributed by atoms with Gasteiger partial charge < -0.3 is 14.8 Å². The van der Waals surface area contributed by atoms with E-state index in [0.29, 0.717) is 6.10 Å². The molecule has 2 fully saturated rings. The highest BCUT2D eigenvalue weighted by molar-refractivity contribution is 4.86. The van der Waals surface area contributed by atoms with Gasteiger partial charge in [-0.2, -0.15) is 0 Å². The van der Waals surface area contributed by atoms with Crippen molar-refractivity contribution < 1.29 is 9.47 Å². The summed E-state index contributed by atoms with van der Waals surface area (Å²) in [5, 5.41) is 3.58. The third kappa shape index (κ3) is 5.05. The van der Waals surface area contributed by atoms with Crippen LogP contribution >= 0.6 is 0 Å². The highest BCUT2D eigenvalue weighted by Crippen LogP contribution is 2.31. The molecule has 0 spiro atoms. The van der Waals surface area contributed by atoms with Gasteiger partial charge in [0.25, 0.3) is 0 Å². The van der Waals surface area contributed by atoms with Crippen molar-refractivity contribution in [2.45, 2.75) is 76.4 Å². The minimum Gasteiger partial charge on any atom is -0.376 e. The second-order valence-corrected chi connectivity index (χ2v) is 6.22. The van der Waals surface area contributed by atoms with E-state index in [4.69, 9.17) is 9.47 Å². The molecule has 1 saturated carbocycles. The average Bonchev–Trinajstić information content (AvgIpc) is 2.84. The molecule has 1 atom stereocenters. The minimum atomic E-state index is 0.0810. The molecule has 19 heavy (non-hydrogen) atoms. The molecule has 3 nitrogen and oxygen atoms in total. The molecular weight excluding hydrogens is 238 g/mol. The van der Waals surface area contributed by atoms with Gasteiger partial charge in [0.1, 0.15) is 0 Å². The van der Waals surface area contributed by atoms with Gasteiger partial charge in [-0.3, -0.25) is 0 Å². The summed E-state index contributed by atoms with van der Waals surface area (Å²) in [6.07, 6.45) is 11.8. The first kappa shape index (κ1) is 15.3. The zero-order valence-corrected chi connectivity index (χ0v) is 12.6. The number of nitrogens with one attached hydrogen (secondary N) is 1. The summed E-state index contributed by atoms with van der Waals surface area (Å²) >= 11 is 0. The second kappa shape index (κ2) is 8.23. The molecule has 0 bridgehead atoms. The molecule has 1 heterocycles. The molecular formula is C16H31NO2. The number of rotatable bonds is 7. The molecule has 0 amide bonds. The summed E-state index contributed by atoms with van der Waals surface area (Å²) in [4.78, 5) is 0. The molecule has 112 valence electrons. The molecule has 0 aromatic rings. The number of ether oxygens (including phenoxy) is 2. The van der Waals surface area contributed by atoms with Crippen LogP contribution in [0.5, 0.6) is 0 Å². The van der Waals surface area contributed by atoms with Crippen LogP contribution in [0.3, 0.4) is 0 Å². The first-order valence-corrected chi connectivity index (χ1v) is 8.31. The van der Waals surface area contributed by atoms with Crippen molar-refractivity contribution >= 4 is 0 Å². The normalized spacial score (nSPS) is 27.3. The van der Waals surface area contributed by atoms with Crippen LogP contribution in [0, 0.1) is 0 Å². The van der Waals surface area contributed by atoms with Crippen molar-refractivity contribution in [1.82, 2.24) is 5.32 Å². The van der Waals surface area contributed by atoms with Crippen molar-refractivity contribution in [2.24, 2.45) is 0 Å². The van der Waals surface area contributed by atoms with Crippen LogP contribution in [-0.2, 0) is 9.47 Å². The monoisotopic (exact) mass is 269 g/mol. The van der Waals surface area contributed by atoms with Crippen LogP contribution in [0.15, 0.2) is 0 Å². The Morgan fingerprint density at radius 3 is 2.58 bits per heavy atom. The standard InChI is InChI=1S/C16H31NO2/c1-2-11-17-14-16(9-5-3-4-6-10-16)19-13-15-8-7-12-18-15/h15,17H,2-14H2,1H3. The van der Waals surface area contributed by atoms with E-state index in [1.807, 2.05) is 0 Å². The summed E-state index contributed by atoms with van der Waals surface area (Å²) in [5.41, 5.74) is 0.0810. The summed E-state index contributed by atoms with van der Waals surface area (Å²) in [5.74, 6) is 0. The van der Waals surface area contributed by atoms with Gasteiger partial charge in [-0.05, 0) is 38.6 Å². The predicted octanol–water partition coefficient (Wildman–Crippen LogP) is 3.27. The van der Waals surface area contributed by atoms with E-state index in [1.54, 1.807) is 0 Å². The Labute approximate surface area is 118 Å². The first-order valence-electron chi connectivity index (χ1n) is 8.31. The molecule has 3 heteroatoms. The van der Waals surface area contributed by atoms with Crippen molar-refractivity contribution in [2.75, 3.05) is 26.3 Å². The molecule has 0 aromatic carbocycles. The van der Waals surface area contributed by atoms with Crippen molar-refractivity contribution in [3.63, 3.8) is 0 Å². The first-order chi connectivity index (χ1) is 9.35. The Kier molecular flexibility index (Phi) is 6.62. The lowest BCUT2D eigenvalue weighted by atomic mass is 9.93. The highest BCUT2D eigenvalue weighted by atomic mass is 16.5. The van der Waals surface area contributed by atoms with E-state index in [0.717, 1.165) is 26.3 Å². The van der Waals surface area contributed by atoms with E-state index in [-0.39, 0.29) is 5.60 Å². The van der Waals surface area contributed by atoms with E-state index >= 15 is 0 Å². The Balaban J connectivity index is 1.83. The molecule has 1 unspecified atom stereocenters. The van der Waals surface area contributed by atoms with Gasteiger partial charge in [0.05, 0.1) is 18.3 Å². The van der Waals surface area contributed by atoms with Crippen molar-refractivity contribution in [3.8, 4) is 0 Å². The van der Waals surface area contributed by atoms with Gasteiger partial charge in [-0.15, -0.1) is 0 Å². The van der Waals surface area contributed by atoms with Crippen LogP contribution < -0.4 is 5.32 Å². The maximum Gasteiger partial charge on any atom is 0.0809 e. The van der Waals surface area contributed by atoms with Gasteiger partial charge >= 0.3 is 0 Å². The van der Waals surface area contributed by atoms with E-state index < -0.39 is 0 Å². The zero-order valence-electron chi connectivity index (χ0n) is 12.6. The number of hydrogen-bond donors (Lipinski definition) is 1. The molecule has 1 saturated heterocycles. The fourth-order valence-corrected chi connectivity index (χ4v) is 3.28. The predicted molar refractivity (Wildman–Crippen MR) is 78.5 cm³/mol. The Morgan fingerprint density at radius 2 is 1.95 bits per heavy atom. The maximum absolute atomic E-state index is 6.39. The maximum atomic E-state index is 6.39. The molecule has 2 rings (SSSR count). The molecule has 0 radical (unpaired) electrons. The fourth-order valence-electron chi connectivity index (χ4n) is 3.28. The molecule has 1 N–H and O–H groups in total. The fraction of sp³-hybridized carbons (Fsp3) is 1.00. The Morgan fingerprint density at radius 1 is 1.16 bits per heavy atom. The van der Waals surface area contributed by atoms with Gasteiger partial charge in [0, 0.05) is 13.2 Å². The number of hydrogen-bond acceptors (Lipinski definition) is 3. The van der Waals surface area contributed by atoms with E-state index in [2.05, 4.69) is 12.2 Å². The topological polar surface area (TPSA) is 30.5 Å². The van der Waals surface area contributed by atoms with Crippen LogP contribution in [0.25, 0.3) is 0 Å². The lowest BCUT2D eigenvalue weighted by Crippen LogP contribution is -2.44. The van der Waals surface area contributed by atoms with Crippen LogP contribution in [0.1, 0.15) is 64.7 Å². The minimum absolute atomic E-state index is 0.0810. The summed E-state index contributed by atoms with van der Waals surface area (Å²) in [6.45, 7) is 6.07. The SMILES string of the molecule is CCCNCC1(OCC2CCCO2)CCCCCC1.